The molecule has 0 saturated heterocycles. The van der Waals surface area contributed by atoms with Crippen LogP contribution in [0.4, 0.5) is 0 Å². The van der Waals surface area contributed by atoms with Crippen LogP contribution >= 0.6 is 11.6 Å². The monoisotopic (exact) mass is 328 g/mol. The molecule has 6 heteroatoms. The summed E-state index contributed by atoms with van der Waals surface area (Å²) in [4.78, 5) is 12.3. The predicted molar refractivity (Wildman–Crippen MR) is 84.8 cm³/mol. The van der Waals surface area contributed by atoms with Crippen molar-refractivity contribution in [1.29, 1.82) is 5.26 Å². The number of nitrogens with zero attached hydrogens (tertiary/aromatic N) is 1. The van der Waals surface area contributed by atoms with Crippen LogP contribution in [0, 0.1) is 11.3 Å². The number of ether oxygens (including phenoxy) is 2. The molecule has 3 rings (SSSR count). The van der Waals surface area contributed by atoms with Crippen LogP contribution in [0.1, 0.15) is 21.5 Å². The van der Waals surface area contributed by atoms with Gasteiger partial charge in [0.25, 0.3) is 5.91 Å². The molecule has 1 N–H and O–H groups in total. The molecule has 0 bridgehead atoms. The van der Waals surface area contributed by atoms with Crippen molar-refractivity contribution in [1.82, 2.24) is 5.32 Å². The highest BCUT2D eigenvalue weighted by molar-refractivity contribution is 6.32. The molecule has 0 saturated carbocycles. The van der Waals surface area contributed by atoms with E-state index in [-0.39, 0.29) is 5.91 Å². The van der Waals surface area contributed by atoms with Crippen molar-refractivity contribution < 1.29 is 14.3 Å². The van der Waals surface area contributed by atoms with E-state index in [0.717, 1.165) is 5.56 Å². The third kappa shape index (κ3) is 3.38. The highest BCUT2D eigenvalue weighted by atomic mass is 35.5. The van der Waals surface area contributed by atoms with Crippen LogP contribution < -0.4 is 14.8 Å². The van der Waals surface area contributed by atoms with Gasteiger partial charge in [0.15, 0.2) is 11.5 Å². The summed E-state index contributed by atoms with van der Waals surface area (Å²) >= 11 is 6.13. The zero-order valence-corrected chi connectivity index (χ0v) is 12.9. The quantitative estimate of drug-likeness (QED) is 0.940. The fourth-order valence-corrected chi connectivity index (χ4v) is 2.54. The number of carbonyl (C=O) groups excluding carboxylic acids is 1. The van der Waals surface area contributed by atoms with E-state index in [9.17, 15) is 4.79 Å². The minimum absolute atomic E-state index is 0.272. The summed E-state index contributed by atoms with van der Waals surface area (Å²) in [6.45, 7) is 1.18. The Hall–Kier alpha value is -2.71. The number of fused-ring (bicyclic) bond motifs is 1. The molecule has 1 aliphatic heterocycles. The second-order valence-electron chi connectivity index (χ2n) is 4.98. The summed E-state index contributed by atoms with van der Waals surface area (Å²) in [5.74, 6) is 0.669. The molecule has 2 aromatic rings. The van der Waals surface area contributed by atoms with Gasteiger partial charge in [-0.05, 0) is 29.8 Å². The first-order valence-corrected chi connectivity index (χ1v) is 7.41. The van der Waals surface area contributed by atoms with E-state index >= 15 is 0 Å². The molecule has 0 aliphatic carbocycles. The van der Waals surface area contributed by atoms with Crippen molar-refractivity contribution in [2.24, 2.45) is 0 Å². The summed E-state index contributed by atoms with van der Waals surface area (Å²) in [5, 5.41) is 12.0. The Morgan fingerprint density at radius 1 is 1.26 bits per heavy atom. The lowest BCUT2D eigenvalue weighted by Gasteiger charge is -2.20. The fourth-order valence-electron chi connectivity index (χ4n) is 2.28. The maximum atomic E-state index is 12.3. The topological polar surface area (TPSA) is 71.4 Å². The van der Waals surface area contributed by atoms with Gasteiger partial charge >= 0.3 is 0 Å². The fraction of sp³-hybridized carbons (Fsp3) is 0.176. The van der Waals surface area contributed by atoms with Crippen molar-refractivity contribution in [2.75, 3.05) is 13.2 Å². The number of amides is 1. The van der Waals surface area contributed by atoms with E-state index in [1.54, 1.807) is 30.3 Å². The third-order valence-electron chi connectivity index (χ3n) is 3.37. The van der Waals surface area contributed by atoms with Gasteiger partial charge in [0.05, 0.1) is 16.7 Å². The number of carbonyl (C=O) groups is 1. The first-order valence-electron chi connectivity index (χ1n) is 7.04. The van der Waals surface area contributed by atoms with Crippen LogP contribution in [0.5, 0.6) is 11.5 Å². The Morgan fingerprint density at radius 3 is 2.91 bits per heavy atom. The Morgan fingerprint density at radius 2 is 2.09 bits per heavy atom. The lowest BCUT2D eigenvalue weighted by Crippen LogP contribution is -2.23. The van der Waals surface area contributed by atoms with Crippen molar-refractivity contribution in [3.05, 3.63) is 58.1 Å². The molecule has 1 aliphatic rings. The van der Waals surface area contributed by atoms with Crippen LogP contribution in [0.2, 0.25) is 5.02 Å². The lowest BCUT2D eigenvalue weighted by atomic mass is 10.1. The van der Waals surface area contributed by atoms with E-state index in [0.29, 0.717) is 47.4 Å². The summed E-state index contributed by atoms with van der Waals surface area (Å²) in [7, 11) is 0. The molecular formula is C17H13ClN2O3. The van der Waals surface area contributed by atoms with E-state index in [1.165, 1.54) is 0 Å². The van der Waals surface area contributed by atoms with Gasteiger partial charge in [0.2, 0.25) is 0 Å². The Bertz CT molecular complexity index is 799. The smallest absolute Gasteiger partial charge is 0.251 e. The minimum Gasteiger partial charge on any atom is -0.486 e. The van der Waals surface area contributed by atoms with Crippen molar-refractivity contribution >= 4 is 17.5 Å². The van der Waals surface area contributed by atoms with Crippen LogP contribution in [0.3, 0.4) is 0 Å². The molecule has 1 amide bonds. The second kappa shape index (κ2) is 6.59. The molecule has 0 atom stereocenters. The molecule has 0 radical (unpaired) electrons. The largest absolute Gasteiger partial charge is 0.486 e. The standard InChI is InChI=1S/C17H13ClN2O3/c18-14-7-13(8-15-16(14)23-5-4-22-15)17(21)20-10-12-3-1-2-11(6-12)9-19/h1-3,6-8H,4-5,10H2,(H,20,21). The van der Waals surface area contributed by atoms with Gasteiger partial charge in [-0.25, -0.2) is 0 Å². The number of hydrogen-bond acceptors (Lipinski definition) is 4. The van der Waals surface area contributed by atoms with Crippen LogP contribution in [0.15, 0.2) is 36.4 Å². The van der Waals surface area contributed by atoms with Gasteiger partial charge in [-0.15, -0.1) is 0 Å². The summed E-state index contributed by atoms with van der Waals surface area (Å²) in [5.41, 5.74) is 1.80. The Kier molecular flexibility index (Phi) is 4.35. The number of halogens is 1. The van der Waals surface area contributed by atoms with Crippen molar-refractivity contribution in [3.63, 3.8) is 0 Å². The van der Waals surface area contributed by atoms with E-state index in [2.05, 4.69) is 11.4 Å². The molecule has 0 aromatic heterocycles. The van der Waals surface area contributed by atoms with Crippen LogP contribution in [0.25, 0.3) is 0 Å². The number of rotatable bonds is 3. The summed E-state index contributed by atoms with van der Waals surface area (Å²) in [6, 6.07) is 12.3. The maximum absolute atomic E-state index is 12.3. The molecule has 23 heavy (non-hydrogen) atoms. The van der Waals surface area contributed by atoms with Gasteiger partial charge in [-0.2, -0.15) is 5.26 Å². The van der Waals surface area contributed by atoms with Gasteiger partial charge in [0, 0.05) is 12.1 Å². The molecule has 1 heterocycles. The normalized spacial score (nSPS) is 12.3. The predicted octanol–water partition coefficient (Wildman–Crippen LogP) is 2.91. The zero-order valence-electron chi connectivity index (χ0n) is 12.1. The minimum atomic E-state index is -0.272. The van der Waals surface area contributed by atoms with E-state index < -0.39 is 0 Å². The number of nitriles is 1. The third-order valence-corrected chi connectivity index (χ3v) is 3.65. The van der Waals surface area contributed by atoms with Gasteiger partial charge in [0.1, 0.15) is 13.2 Å². The molecule has 116 valence electrons. The van der Waals surface area contributed by atoms with Crippen LogP contribution in [-0.2, 0) is 6.54 Å². The molecule has 0 unspecified atom stereocenters. The number of hydrogen-bond donors (Lipinski definition) is 1. The average Bonchev–Trinajstić information content (AvgIpc) is 2.60. The second-order valence-corrected chi connectivity index (χ2v) is 5.38. The summed E-state index contributed by atoms with van der Waals surface area (Å²) < 4.78 is 10.9. The van der Waals surface area contributed by atoms with Crippen LogP contribution in [-0.4, -0.2) is 19.1 Å². The molecule has 5 nitrogen and oxygen atoms in total. The average molecular weight is 329 g/mol. The Balaban J connectivity index is 1.73. The van der Waals surface area contributed by atoms with E-state index in [4.69, 9.17) is 26.3 Å². The molecular weight excluding hydrogens is 316 g/mol. The molecule has 2 aromatic carbocycles. The number of benzene rings is 2. The van der Waals surface area contributed by atoms with Gasteiger partial charge in [-0.1, -0.05) is 23.7 Å². The maximum Gasteiger partial charge on any atom is 0.251 e. The molecule has 0 fully saturated rings. The lowest BCUT2D eigenvalue weighted by molar-refractivity contribution is 0.0949. The SMILES string of the molecule is N#Cc1cccc(CNC(=O)c2cc(Cl)c3c(c2)OCCO3)c1. The highest BCUT2D eigenvalue weighted by Gasteiger charge is 2.19. The van der Waals surface area contributed by atoms with Gasteiger partial charge in [-0.3, -0.25) is 4.79 Å². The highest BCUT2D eigenvalue weighted by Crippen LogP contribution is 2.38. The Labute approximate surface area is 138 Å². The van der Waals surface area contributed by atoms with Crippen molar-refractivity contribution in [2.45, 2.75) is 6.54 Å². The van der Waals surface area contributed by atoms with E-state index in [1.807, 2.05) is 6.07 Å². The number of nitrogens with one attached hydrogen (secondary N) is 1. The summed E-state index contributed by atoms with van der Waals surface area (Å²) in [6.07, 6.45) is 0. The van der Waals surface area contributed by atoms with Crippen molar-refractivity contribution in [3.8, 4) is 17.6 Å². The molecule has 0 spiro atoms. The van der Waals surface area contributed by atoms with Gasteiger partial charge < -0.3 is 14.8 Å². The first-order chi connectivity index (χ1) is 11.2. The zero-order chi connectivity index (χ0) is 16.2. The first kappa shape index (κ1) is 15.2.